The van der Waals surface area contributed by atoms with Crippen molar-refractivity contribution in [2.24, 2.45) is 11.3 Å². The van der Waals surface area contributed by atoms with Crippen molar-refractivity contribution in [2.75, 3.05) is 12.0 Å². The minimum atomic E-state index is -1.13. The zero-order valence-corrected chi connectivity index (χ0v) is 19.3. The second-order valence-electron chi connectivity index (χ2n) is 9.20. The summed E-state index contributed by atoms with van der Waals surface area (Å²) < 4.78 is 10.8. The van der Waals surface area contributed by atoms with Gasteiger partial charge in [0.1, 0.15) is 11.7 Å². The minimum Gasteiger partial charge on any atom is -0.496 e. The predicted octanol–water partition coefficient (Wildman–Crippen LogP) is 4.55. The summed E-state index contributed by atoms with van der Waals surface area (Å²) in [6.45, 7) is 7.09. The molecular weight excluding hydrogens is 420 g/mol. The zero-order valence-electron chi connectivity index (χ0n) is 19.3. The number of ketones is 2. The van der Waals surface area contributed by atoms with E-state index in [0.29, 0.717) is 22.8 Å². The number of methoxy groups -OCH3 is 1. The van der Waals surface area contributed by atoms with Gasteiger partial charge in [-0.2, -0.15) is 0 Å². The first-order chi connectivity index (χ1) is 15.6. The summed E-state index contributed by atoms with van der Waals surface area (Å²) in [6, 6.07) is 15.2. The van der Waals surface area contributed by atoms with Crippen LogP contribution in [-0.4, -0.2) is 29.7 Å². The van der Waals surface area contributed by atoms with E-state index < -0.39 is 29.1 Å². The molecule has 1 aliphatic rings. The molecular formula is C26H26N2O5. The van der Waals surface area contributed by atoms with E-state index in [4.69, 9.17) is 9.26 Å². The number of anilines is 1. The first-order valence-electron chi connectivity index (χ1n) is 10.7. The van der Waals surface area contributed by atoms with Gasteiger partial charge in [0.2, 0.25) is 5.78 Å². The standard InChI is InChI=1S/C26H26N2O5/c1-15-14-20(33-27-15)16-10-12-17(13-11-16)28-22(18-8-6-7-9-19(18)32-5)21(23(29)25(28)31)24(30)26(2,3)4/h6-14,21-22H,1-5H3. The smallest absolute Gasteiger partial charge is 0.295 e. The number of aromatic nitrogens is 1. The van der Waals surface area contributed by atoms with Crippen LogP contribution in [0.3, 0.4) is 0 Å². The molecule has 2 unspecified atom stereocenters. The molecule has 0 N–H and O–H groups in total. The molecule has 2 heterocycles. The molecule has 1 fully saturated rings. The number of carbonyl (C=O) groups excluding carboxylic acids is 3. The van der Waals surface area contributed by atoms with Gasteiger partial charge in [0, 0.05) is 28.3 Å². The van der Waals surface area contributed by atoms with Crippen molar-refractivity contribution >= 4 is 23.2 Å². The summed E-state index contributed by atoms with van der Waals surface area (Å²) in [5.41, 5.74) is 1.86. The second kappa shape index (κ2) is 8.31. The van der Waals surface area contributed by atoms with E-state index >= 15 is 0 Å². The van der Waals surface area contributed by atoms with E-state index in [1.165, 1.54) is 12.0 Å². The first-order valence-corrected chi connectivity index (χ1v) is 10.7. The Kier molecular flexibility index (Phi) is 5.66. The summed E-state index contributed by atoms with van der Waals surface area (Å²) in [6.07, 6.45) is 0. The Labute approximate surface area is 192 Å². The molecule has 33 heavy (non-hydrogen) atoms. The summed E-state index contributed by atoms with van der Waals surface area (Å²) >= 11 is 0. The molecule has 0 spiro atoms. The maximum absolute atomic E-state index is 13.4. The number of carbonyl (C=O) groups is 3. The van der Waals surface area contributed by atoms with Gasteiger partial charge in [0.15, 0.2) is 11.5 Å². The van der Waals surface area contributed by atoms with Crippen LogP contribution in [-0.2, 0) is 14.4 Å². The number of hydrogen-bond acceptors (Lipinski definition) is 6. The van der Waals surface area contributed by atoms with Gasteiger partial charge in [0.05, 0.1) is 18.8 Å². The van der Waals surface area contributed by atoms with Crippen molar-refractivity contribution in [3.63, 3.8) is 0 Å². The quantitative estimate of drug-likeness (QED) is 0.422. The average molecular weight is 447 g/mol. The fourth-order valence-electron chi connectivity index (χ4n) is 4.19. The third-order valence-electron chi connectivity index (χ3n) is 5.84. The van der Waals surface area contributed by atoms with Crippen LogP contribution in [0.25, 0.3) is 11.3 Å². The molecule has 7 nitrogen and oxygen atoms in total. The minimum absolute atomic E-state index is 0.284. The Bertz CT molecular complexity index is 1220. The van der Waals surface area contributed by atoms with Gasteiger partial charge in [-0.15, -0.1) is 0 Å². The number of aryl methyl sites for hydroxylation is 1. The summed E-state index contributed by atoms with van der Waals surface area (Å²) in [5.74, 6) is -1.73. The monoisotopic (exact) mass is 446 g/mol. The average Bonchev–Trinajstić information content (AvgIpc) is 3.34. The highest BCUT2D eigenvalue weighted by molar-refractivity contribution is 6.48. The molecule has 2 aromatic carbocycles. The molecule has 0 bridgehead atoms. The number of para-hydroxylation sites is 1. The number of rotatable bonds is 5. The Morgan fingerprint density at radius 3 is 2.30 bits per heavy atom. The molecule has 3 aromatic rings. The van der Waals surface area contributed by atoms with Gasteiger partial charge in [-0.1, -0.05) is 44.1 Å². The molecule has 1 saturated heterocycles. The highest BCUT2D eigenvalue weighted by Gasteiger charge is 2.54. The topological polar surface area (TPSA) is 89.7 Å². The number of ether oxygens (including phenoxy) is 1. The van der Waals surface area contributed by atoms with Crippen LogP contribution >= 0.6 is 0 Å². The largest absolute Gasteiger partial charge is 0.496 e. The lowest BCUT2D eigenvalue weighted by Crippen LogP contribution is -2.36. The third-order valence-corrected chi connectivity index (χ3v) is 5.84. The van der Waals surface area contributed by atoms with Crippen LogP contribution in [0.5, 0.6) is 5.75 Å². The molecule has 0 saturated carbocycles. The van der Waals surface area contributed by atoms with Crippen LogP contribution < -0.4 is 9.64 Å². The normalized spacial score (nSPS) is 18.6. The molecule has 0 aliphatic carbocycles. The third kappa shape index (κ3) is 3.95. The number of nitrogens with zero attached hydrogens (tertiary/aromatic N) is 2. The first kappa shape index (κ1) is 22.5. The number of benzene rings is 2. The summed E-state index contributed by atoms with van der Waals surface area (Å²) in [4.78, 5) is 41.2. The van der Waals surface area contributed by atoms with Crippen LogP contribution in [0.15, 0.2) is 59.1 Å². The van der Waals surface area contributed by atoms with Crippen molar-refractivity contribution in [1.82, 2.24) is 5.16 Å². The van der Waals surface area contributed by atoms with Crippen molar-refractivity contribution in [1.29, 1.82) is 0 Å². The number of Topliss-reactive ketones (excluding diaryl/α,β-unsaturated/α-hetero) is 2. The highest BCUT2D eigenvalue weighted by Crippen LogP contribution is 2.45. The number of hydrogen-bond donors (Lipinski definition) is 0. The van der Waals surface area contributed by atoms with Gasteiger partial charge < -0.3 is 9.26 Å². The van der Waals surface area contributed by atoms with Gasteiger partial charge in [0.25, 0.3) is 5.91 Å². The molecule has 7 heteroatoms. The van der Waals surface area contributed by atoms with E-state index in [-0.39, 0.29) is 5.78 Å². The predicted molar refractivity (Wildman–Crippen MR) is 123 cm³/mol. The Balaban J connectivity index is 1.83. The van der Waals surface area contributed by atoms with Crippen molar-refractivity contribution in [3.05, 3.63) is 65.9 Å². The summed E-state index contributed by atoms with van der Waals surface area (Å²) in [5, 5.41) is 3.90. The van der Waals surface area contributed by atoms with Crippen molar-refractivity contribution < 1.29 is 23.6 Å². The SMILES string of the molecule is COc1ccccc1C1C(C(=O)C(C)(C)C)C(=O)C(=O)N1c1ccc(-c2cc(C)no2)cc1. The Hall–Kier alpha value is -3.74. The molecule has 1 amide bonds. The fourth-order valence-corrected chi connectivity index (χ4v) is 4.19. The van der Waals surface area contributed by atoms with E-state index in [2.05, 4.69) is 5.16 Å². The molecule has 170 valence electrons. The second-order valence-corrected chi connectivity index (χ2v) is 9.20. The molecule has 1 aromatic heterocycles. The van der Waals surface area contributed by atoms with Crippen LogP contribution in [0, 0.1) is 18.3 Å². The van der Waals surface area contributed by atoms with E-state index in [0.717, 1.165) is 11.3 Å². The van der Waals surface area contributed by atoms with E-state index in [9.17, 15) is 14.4 Å². The Morgan fingerprint density at radius 1 is 1.06 bits per heavy atom. The lowest BCUT2D eigenvalue weighted by atomic mass is 9.77. The highest BCUT2D eigenvalue weighted by atomic mass is 16.5. The van der Waals surface area contributed by atoms with Gasteiger partial charge in [-0.3, -0.25) is 19.3 Å². The van der Waals surface area contributed by atoms with E-state index in [1.807, 2.05) is 13.0 Å². The number of amides is 1. The fraction of sp³-hybridized carbons (Fsp3) is 0.308. The maximum atomic E-state index is 13.4. The van der Waals surface area contributed by atoms with Gasteiger partial charge in [-0.25, -0.2) is 0 Å². The molecule has 1 aliphatic heterocycles. The van der Waals surface area contributed by atoms with Crippen molar-refractivity contribution in [2.45, 2.75) is 33.7 Å². The lowest BCUT2D eigenvalue weighted by molar-refractivity contribution is -0.141. The molecule has 4 rings (SSSR count). The van der Waals surface area contributed by atoms with Gasteiger partial charge in [-0.05, 0) is 37.3 Å². The van der Waals surface area contributed by atoms with E-state index in [1.54, 1.807) is 69.3 Å². The molecule has 0 radical (unpaired) electrons. The van der Waals surface area contributed by atoms with Crippen molar-refractivity contribution in [3.8, 4) is 17.1 Å². The molecule has 2 atom stereocenters. The van der Waals surface area contributed by atoms with Crippen LogP contribution in [0.2, 0.25) is 0 Å². The maximum Gasteiger partial charge on any atom is 0.295 e. The van der Waals surface area contributed by atoms with Crippen LogP contribution in [0.4, 0.5) is 5.69 Å². The lowest BCUT2D eigenvalue weighted by Gasteiger charge is -2.30. The Morgan fingerprint density at radius 2 is 1.73 bits per heavy atom. The van der Waals surface area contributed by atoms with Gasteiger partial charge >= 0.3 is 0 Å². The zero-order chi connectivity index (χ0) is 23.9. The summed E-state index contributed by atoms with van der Waals surface area (Å²) in [7, 11) is 1.52. The van der Waals surface area contributed by atoms with Crippen LogP contribution in [0.1, 0.15) is 38.1 Å².